The van der Waals surface area contributed by atoms with Gasteiger partial charge in [-0.15, -0.1) is 0 Å². The fourth-order valence-electron chi connectivity index (χ4n) is 1.22. The zero-order valence-electron chi connectivity index (χ0n) is 9.56. The molecule has 1 atom stereocenters. The van der Waals surface area contributed by atoms with E-state index in [4.69, 9.17) is 10.2 Å². The minimum Gasteiger partial charge on any atom is -0.432 e. The summed E-state index contributed by atoms with van der Waals surface area (Å²) in [6.45, 7) is 2.60. The summed E-state index contributed by atoms with van der Waals surface area (Å²) in [5.41, 5.74) is 6.28. The van der Waals surface area contributed by atoms with E-state index in [9.17, 15) is 0 Å². The number of hydrogen-bond donors (Lipinski definition) is 1. The summed E-state index contributed by atoms with van der Waals surface area (Å²) in [7, 11) is 2.00. The van der Waals surface area contributed by atoms with Crippen molar-refractivity contribution in [1.82, 2.24) is 4.98 Å². The lowest BCUT2D eigenvalue weighted by Crippen LogP contribution is -2.29. The summed E-state index contributed by atoms with van der Waals surface area (Å²) in [5, 5.41) is 0. The smallest absolute Gasteiger partial charge is 0.297 e. The second-order valence-corrected chi connectivity index (χ2v) is 4.55. The van der Waals surface area contributed by atoms with Crippen LogP contribution in [0, 0.1) is 0 Å². The molecule has 0 aliphatic rings. The van der Waals surface area contributed by atoms with Gasteiger partial charge in [-0.2, -0.15) is 16.7 Å². The number of aromatic nitrogens is 1. The Labute approximate surface area is 95.2 Å². The third-order valence-electron chi connectivity index (χ3n) is 2.45. The number of rotatable bonds is 6. The fourth-order valence-corrected chi connectivity index (χ4v) is 1.80. The van der Waals surface area contributed by atoms with Gasteiger partial charge in [-0.25, -0.2) is 0 Å². The molecule has 5 heteroatoms. The van der Waals surface area contributed by atoms with Crippen molar-refractivity contribution in [2.75, 3.05) is 24.0 Å². The Kier molecular flexibility index (Phi) is 4.98. The van der Waals surface area contributed by atoms with Crippen LogP contribution < -0.4 is 10.6 Å². The first-order valence-electron chi connectivity index (χ1n) is 5.05. The van der Waals surface area contributed by atoms with Crippen LogP contribution in [0.3, 0.4) is 0 Å². The van der Waals surface area contributed by atoms with Crippen molar-refractivity contribution in [3.05, 3.63) is 12.0 Å². The molecule has 1 heterocycles. The normalized spacial score (nSPS) is 12.8. The predicted molar refractivity (Wildman–Crippen MR) is 65.3 cm³/mol. The van der Waals surface area contributed by atoms with Crippen LogP contribution in [0.15, 0.2) is 10.7 Å². The minimum absolute atomic E-state index is 0.427. The van der Waals surface area contributed by atoms with Gasteiger partial charge in [0.2, 0.25) is 0 Å². The lowest BCUT2D eigenvalue weighted by atomic mass is 10.2. The van der Waals surface area contributed by atoms with Crippen LogP contribution in [0.2, 0.25) is 0 Å². The summed E-state index contributed by atoms with van der Waals surface area (Å²) in [6, 6.07) is 1.09. The van der Waals surface area contributed by atoms with Crippen molar-refractivity contribution >= 4 is 17.8 Å². The molecule has 1 unspecified atom stereocenters. The molecule has 0 saturated heterocycles. The van der Waals surface area contributed by atoms with Crippen LogP contribution in [0.25, 0.3) is 0 Å². The van der Waals surface area contributed by atoms with Gasteiger partial charge in [0, 0.05) is 19.6 Å². The fraction of sp³-hybridized carbons (Fsp3) is 0.700. The molecule has 1 aromatic rings. The molecule has 1 aromatic heterocycles. The maximum Gasteiger partial charge on any atom is 0.297 e. The van der Waals surface area contributed by atoms with Crippen molar-refractivity contribution in [2.24, 2.45) is 5.73 Å². The van der Waals surface area contributed by atoms with E-state index < -0.39 is 0 Å². The third-order valence-corrected chi connectivity index (χ3v) is 3.10. The van der Waals surface area contributed by atoms with E-state index in [-0.39, 0.29) is 0 Å². The average Bonchev–Trinajstić information content (AvgIpc) is 2.73. The minimum atomic E-state index is 0.427. The molecule has 86 valence electrons. The van der Waals surface area contributed by atoms with E-state index in [0.717, 1.165) is 17.9 Å². The number of anilines is 1. The highest BCUT2D eigenvalue weighted by atomic mass is 32.2. The molecule has 0 bridgehead atoms. The standard InChI is InChI=1S/C10H19N3OS/c1-8(4-5-15-3)13(2)10-12-9(6-11)7-14-10/h7-8H,4-6,11H2,1-3H3. The molecule has 15 heavy (non-hydrogen) atoms. The van der Waals surface area contributed by atoms with Crippen LogP contribution in [0.5, 0.6) is 0 Å². The van der Waals surface area contributed by atoms with E-state index in [0.29, 0.717) is 18.6 Å². The van der Waals surface area contributed by atoms with E-state index in [2.05, 4.69) is 23.1 Å². The highest BCUT2D eigenvalue weighted by molar-refractivity contribution is 7.98. The molecule has 0 fully saturated rings. The van der Waals surface area contributed by atoms with Crippen molar-refractivity contribution in [1.29, 1.82) is 0 Å². The summed E-state index contributed by atoms with van der Waals surface area (Å²) in [4.78, 5) is 6.34. The maximum atomic E-state index is 5.48. The molecule has 0 aliphatic carbocycles. The van der Waals surface area contributed by atoms with Crippen LogP contribution >= 0.6 is 11.8 Å². The van der Waals surface area contributed by atoms with Gasteiger partial charge in [-0.1, -0.05) is 0 Å². The van der Waals surface area contributed by atoms with Gasteiger partial charge < -0.3 is 15.1 Å². The Balaban J connectivity index is 2.54. The quantitative estimate of drug-likeness (QED) is 0.805. The Morgan fingerprint density at radius 2 is 2.40 bits per heavy atom. The molecule has 0 spiro atoms. The second kappa shape index (κ2) is 6.02. The Morgan fingerprint density at radius 1 is 1.67 bits per heavy atom. The van der Waals surface area contributed by atoms with Gasteiger partial charge in [0.1, 0.15) is 6.26 Å². The number of nitrogens with zero attached hydrogens (tertiary/aromatic N) is 2. The maximum absolute atomic E-state index is 5.48. The van der Waals surface area contributed by atoms with Gasteiger partial charge in [0.25, 0.3) is 6.01 Å². The molecule has 2 N–H and O–H groups in total. The number of hydrogen-bond acceptors (Lipinski definition) is 5. The van der Waals surface area contributed by atoms with Gasteiger partial charge in [0.05, 0.1) is 5.69 Å². The molecular weight excluding hydrogens is 210 g/mol. The van der Waals surface area contributed by atoms with Gasteiger partial charge in [0.15, 0.2) is 0 Å². The Bertz CT molecular complexity index is 290. The number of thioether (sulfide) groups is 1. The molecule has 0 radical (unpaired) electrons. The molecule has 4 nitrogen and oxygen atoms in total. The van der Waals surface area contributed by atoms with Crippen LogP contribution in [-0.2, 0) is 6.54 Å². The molecule has 0 amide bonds. The van der Waals surface area contributed by atoms with E-state index in [1.54, 1.807) is 6.26 Å². The van der Waals surface area contributed by atoms with Gasteiger partial charge >= 0.3 is 0 Å². The molecule has 0 saturated carbocycles. The number of oxazole rings is 1. The van der Waals surface area contributed by atoms with E-state index >= 15 is 0 Å². The molecule has 1 rings (SSSR count). The Morgan fingerprint density at radius 3 is 2.93 bits per heavy atom. The predicted octanol–water partition coefficient (Wildman–Crippen LogP) is 1.71. The lowest BCUT2D eigenvalue weighted by Gasteiger charge is -2.22. The van der Waals surface area contributed by atoms with Gasteiger partial charge in [-0.3, -0.25) is 0 Å². The van der Waals surface area contributed by atoms with Crippen molar-refractivity contribution < 1.29 is 4.42 Å². The van der Waals surface area contributed by atoms with Crippen molar-refractivity contribution in [3.63, 3.8) is 0 Å². The first-order chi connectivity index (χ1) is 7.19. The lowest BCUT2D eigenvalue weighted by molar-refractivity contribution is 0.516. The third kappa shape index (κ3) is 3.43. The average molecular weight is 229 g/mol. The zero-order chi connectivity index (χ0) is 11.3. The van der Waals surface area contributed by atoms with E-state index in [1.165, 1.54) is 0 Å². The SMILES string of the molecule is CSCCC(C)N(C)c1nc(CN)co1. The first-order valence-corrected chi connectivity index (χ1v) is 6.44. The van der Waals surface area contributed by atoms with Crippen molar-refractivity contribution in [2.45, 2.75) is 25.9 Å². The largest absolute Gasteiger partial charge is 0.432 e. The summed E-state index contributed by atoms with van der Waals surface area (Å²) < 4.78 is 5.35. The molecular formula is C10H19N3OS. The van der Waals surface area contributed by atoms with E-state index in [1.807, 2.05) is 18.8 Å². The van der Waals surface area contributed by atoms with Crippen molar-refractivity contribution in [3.8, 4) is 0 Å². The van der Waals surface area contributed by atoms with Crippen LogP contribution in [-0.4, -0.2) is 30.1 Å². The molecule has 0 aromatic carbocycles. The number of nitrogens with two attached hydrogens (primary N) is 1. The highest BCUT2D eigenvalue weighted by Crippen LogP contribution is 2.16. The summed E-state index contributed by atoms with van der Waals surface area (Å²) >= 11 is 1.85. The molecule has 0 aliphatic heterocycles. The summed E-state index contributed by atoms with van der Waals surface area (Å²) in [6.07, 6.45) is 4.86. The van der Waals surface area contributed by atoms with Gasteiger partial charge in [-0.05, 0) is 25.4 Å². The first kappa shape index (κ1) is 12.4. The zero-order valence-corrected chi connectivity index (χ0v) is 10.4. The second-order valence-electron chi connectivity index (χ2n) is 3.57. The topological polar surface area (TPSA) is 55.3 Å². The highest BCUT2D eigenvalue weighted by Gasteiger charge is 2.14. The summed E-state index contributed by atoms with van der Waals surface area (Å²) in [5.74, 6) is 1.15. The van der Waals surface area contributed by atoms with Crippen LogP contribution in [0.1, 0.15) is 19.0 Å². The van der Waals surface area contributed by atoms with Crippen LogP contribution in [0.4, 0.5) is 6.01 Å². The monoisotopic (exact) mass is 229 g/mol. The Hall–Kier alpha value is -0.680.